The summed E-state index contributed by atoms with van der Waals surface area (Å²) in [6.07, 6.45) is 0.867. The smallest absolute Gasteiger partial charge is 0.239 e. The van der Waals surface area contributed by atoms with E-state index in [1.54, 1.807) is 14.2 Å². The predicted molar refractivity (Wildman–Crippen MR) is 118 cm³/mol. The van der Waals surface area contributed by atoms with Crippen LogP contribution in [-0.2, 0) is 16.0 Å². The zero-order valence-electron chi connectivity index (χ0n) is 16.5. The number of rotatable bonds is 8. The lowest BCUT2D eigenvalue weighted by Gasteiger charge is -2.30. The number of methoxy groups -OCH3 is 1. The maximum absolute atomic E-state index is 11.9. The standard InChI is InChI=1S/C19H32N4O2.HI/c1-19(2,3)16(25-5)13-22-18(20-4)23-14-17(24)21-12-11-15-9-7-6-8-10-15;/h6-10,16H,11-14H2,1-5H3,(H,21,24)(H2,20,22,23);1H. The molecule has 26 heavy (non-hydrogen) atoms. The molecule has 0 fully saturated rings. The minimum Gasteiger partial charge on any atom is -0.379 e. The topological polar surface area (TPSA) is 74.8 Å². The molecule has 0 aliphatic heterocycles. The molecule has 0 aliphatic carbocycles. The summed E-state index contributed by atoms with van der Waals surface area (Å²) in [5.41, 5.74) is 1.23. The summed E-state index contributed by atoms with van der Waals surface area (Å²) in [6.45, 7) is 7.79. The van der Waals surface area contributed by atoms with Gasteiger partial charge in [-0.1, -0.05) is 51.1 Å². The summed E-state index contributed by atoms with van der Waals surface area (Å²) in [5, 5.41) is 9.12. The molecule has 3 N–H and O–H groups in total. The molecule has 0 saturated carbocycles. The second kappa shape index (κ2) is 12.9. The molecule has 0 bridgehead atoms. The SMILES string of the molecule is CN=C(NCC(=O)NCCc1ccccc1)NCC(OC)C(C)(C)C.I. The third-order valence-electron chi connectivity index (χ3n) is 3.92. The fourth-order valence-corrected chi connectivity index (χ4v) is 2.37. The van der Waals surface area contributed by atoms with Gasteiger partial charge in [-0.05, 0) is 17.4 Å². The number of halogens is 1. The van der Waals surface area contributed by atoms with Gasteiger partial charge in [-0.3, -0.25) is 9.79 Å². The zero-order valence-corrected chi connectivity index (χ0v) is 18.8. The van der Waals surface area contributed by atoms with Crippen LogP contribution < -0.4 is 16.0 Å². The van der Waals surface area contributed by atoms with Gasteiger partial charge >= 0.3 is 0 Å². The minimum absolute atomic E-state index is 0. The van der Waals surface area contributed by atoms with Crippen molar-refractivity contribution in [3.8, 4) is 0 Å². The number of ether oxygens (including phenoxy) is 1. The average molecular weight is 476 g/mol. The zero-order chi connectivity index (χ0) is 18.7. The van der Waals surface area contributed by atoms with E-state index in [1.165, 1.54) is 5.56 Å². The molecule has 0 aromatic heterocycles. The van der Waals surface area contributed by atoms with Crippen molar-refractivity contribution in [3.05, 3.63) is 35.9 Å². The number of hydrogen-bond acceptors (Lipinski definition) is 3. The molecule has 0 aliphatic rings. The first-order valence-corrected chi connectivity index (χ1v) is 8.64. The van der Waals surface area contributed by atoms with Gasteiger partial charge in [-0.25, -0.2) is 0 Å². The van der Waals surface area contributed by atoms with Gasteiger partial charge in [0.2, 0.25) is 5.91 Å². The van der Waals surface area contributed by atoms with E-state index in [0.717, 1.165) is 6.42 Å². The van der Waals surface area contributed by atoms with Crippen LogP contribution in [0.5, 0.6) is 0 Å². The van der Waals surface area contributed by atoms with Crippen molar-refractivity contribution in [2.45, 2.75) is 33.3 Å². The summed E-state index contributed by atoms with van der Waals surface area (Å²) in [6, 6.07) is 10.1. The Balaban J connectivity index is 0.00000625. The Morgan fingerprint density at radius 3 is 2.35 bits per heavy atom. The van der Waals surface area contributed by atoms with Crippen molar-refractivity contribution in [2.24, 2.45) is 10.4 Å². The first-order valence-electron chi connectivity index (χ1n) is 8.64. The number of aliphatic imine (C=N–C) groups is 1. The van der Waals surface area contributed by atoms with Crippen molar-refractivity contribution < 1.29 is 9.53 Å². The molecule has 7 heteroatoms. The molecule has 0 heterocycles. The fraction of sp³-hybridized carbons (Fsp3) is 0.579. The van der Waals surface area contributed by atoms with Crippen LogP contribution in [0.3, 0.4) is 0 Å². The highest BCUT2D eigenvalue weighted by molar-refractivity contribution is 14.0. The molecular formula is C19H33IN4O2. The minimum atomic E-state index is -0.0574. The van der Waals surface area contributed by atoms with Crippen LogP contribution in [0.1, 0.15) is 26.3 Å². The first-order chi connectivity index (χ1) is 11.9. The Morgan fingerprint density at radius 1 is 1.15 bits per heavy atom. The van der Waals surface area contributed by atoms with Gasteiger partial charge in [0.05, 0.1) is 12.6 Å². The lowest BCUT2D eigenvalue weighted by Crippen LogP contribution is -2.47. The molecular weight excluding hydrogens is 443 g/mol. The van der Waals surface area contributed by atoms with Crippen molar-refractivity contribution in [2.75, 3.05) is 33.8 Å². The van der Waals surface area contributed by atoms with Crippen molar-refractivity contribution in [1.29, 1.82) is 0 Å². The number of amides is 1. The van der Waals surface area contributed by atoms with E-state index in [1.807, 2.05) is 18.2 Å². The summed E-state index contributed by atoms with van der Waals surface area (Å²) in [7, 11) is 3.38. The molecule has 1 aromatic rings. The number of carbonyl (C=O) groups is 1. The predicted octanol–water partition coefficient (Wildman–Crippen LogP) is 2.19. The third kappa shape index (κ3) is 9.96. The monoisotopic (exact) mass is 476 g/mol. The van der Waals surface area contributed by atoms with Crippen LogP contribution in [0.25, 0.3) is 0 Å². The molecule has 1 rings (SSSR count). The van der Waals surface area contributed by atoms with Gasteiger partial charge in [0, 0.05) is 27.2 Å². The van der Waals surface area contributed by atoms with Crippen LogP contribution in [0.15, 0.2) is 35.3 Å². The highest BCUT2D eigenvalue weighted by atomic mass is 127. The molecule has 6 nitrogen and oxygen atoms in total. The molecule has 0 saturated heterocycles. The van der Waals surface area contributed by atoms with E-state index in [0.29, 0.717) is 19.0 Å². The van der Waals surface area contributed by atoms with Crippen LogP contribution in [0, 0.1) is 5.41 Å². The number of nitrogens with zero attached hydrogens (tertiary/aromatic N) is 1. The van der Waals surface area contributed by atoms with E-state index in [9.17, 15) is 4.79 Å². The fourth-order valence-electron chi connectivity index (χ4n) is 2.37. The van der Waals surface area contributed by atoms with Crippen LogP contribution in [0.2, 0.25) is 0 Å². The maximum Gasteiger partial charge on any atom is 0.239 e. The van der Waals surface area contributed by atoms with Gasteiger partial charge < -0.3 is 20.7 Å². The van der Waals surface area contributed by atoms with Crippen LogP contribution >= 0.6 is 24.0 Å². The van der Waals surface area contributed by atoms with Crippen molar-refractivity contribution >= 4 is 35.8 Å². The Kier molecular flexibility index (Phi) is 12.2. The number of guanidine groups is 1. The van der Waals surface area contributed by atoms with Gasteiger partial charge in [0.1, 0.15) is 0 Å². The lowest BCUT2D eigenvalue weighted by atomic mass is 9.89. The van der Waals surface area contributed by atoms with E-state index >= 15 is 0 Å². The Morgan fingerprint density at radius 2 is 1.81 bits per heavy atom. The summed E-state index contributed by atoms with van der Waals surface area (Å²) < 4.78 is 5.51. The van der Waals surface area contributed by atoms with E-state index in [2.05, 4.69) is 53.8 Å². The average Bonchev–Trinajstić information content (AvgIpc) is 2.58. The van der Waals surface area contributed by atoms with E-state index in [4.69, 9.17) is 4.74 Å². The van der Waals surface area contributed by atoms with Gasteiger partial charge in [0.15, 0.2) is 5.96 Å². The summed E-state index contributed by atoms with van der Waals surface area (Å²) in [4.78, 5) is 16.1. The maximum atomic E-state index is 11.9. The molecule has 1 atom stereocenters. The highest BCUT2D eigenvalue weighted by Crippen LogP contribution is 2.20. The van der Waals surface area contributed by atoms with Crippen LogP contribution in [-0.4, -0.2) is 51.8 Å². The Bertz CT molecular complexity index is 544. The number of benzene rings is 1. The molecule has 148 valence electrons. The largest absolute Gasteiger partial charge is 0.379 e. The summed E-state index contributed by atoms with van der Waals surface area (Å²) in [5.74, 6) is 0.530. The van der Waals surface area contributed by atoms with Crippen molar-refractivity contribution in [1.82, 2.24) is 16.0 Å². The van der Waals surface area contributed by atoms with Crippen LogP contribution in [0.4, 0.5) is 0 Å². The molecule has 1 aromatic carbocycles. The van der Waals surface area contributed by atoms with E-state index < -0.39 is 0 Å². The lowest BCUT2D eigenvalue weighted by molar-refractivity contribution is -0.119. The second-order valence-electron chi connectivity index (χ2n) is 6.98. The van der Waals surface area contributed by atoms with E-state index in [-0.39, 0.29) is 47.9 Å². The Labute approximate surface area is 174 Å². The van der Waals surface area contributed by atoms with Gasteiger partial charge in [0.25, 0.3) is 0 Å². The quantitative estimate of drug-likeness (QED) is 0.306. The Hall–Kier alpha value is -1.35. The third-order valence-corrected chi connectivity index (χ3v) is 3.92. The number of hydrogen-bond donors (Lipinski definition) is 3. The molecule has 0 spiro atoms. The first kappa shape index (κ1) is 24.7. The normalized spacial score (nSPS) is 12.7. The van der Waals surface area contributed by atoms with Gasteiger partial charge in [-0.15, -0.1) is 24.0 Å². The number of carbonyl (C=O) groups excluding carboxylic acids is 1. The van der Waals surface area contributed by atoms with Crippen molar-refractivity contribution in [3.63, 3.8) is 0 Å². The molecule has 1 amide bonds. The highest BCUT2D eigenvalue weighted by Gasteiger charge is 2.24. The molecule has 0 radical (unpaired) electrons. The summed E-state index contributed by atoms with van der Waals surface area (Å²) >= 11 is 0. The second-order valence-corrected chi connectivity index (χ2v) is 6.98. The van der Waals surface area contributed by atoms with Gasteiger partial charge in [-0.2, -0.15) is 0 Å². The number of nitrogens with one attached hydrogen (secondary N) is 3. The molecule has 1 unspecified atom stereocenters.